The van der Waals surface area contributed by atoms with Gasteiger partial charge in [0.2, 0.25) is 0 Å². The molecule has 0 saturated heterocycles. The van der Waals surface area contributed by atoms with Gasteiger partial charge in [0.05, 0.1) is 23.9 Å². The van der Waals surface area contributed by atoms with Crippen LogP contribution in [0, 0.1) is 11.3 Å². The zero-order valence-corrected chi connectivity index (χ0v) is 12.7. The van der Waals surface area contributed by atoms with Crippen LogP contribution in [0.2, 0.25) is 0 Å². The van der Waals surface area contributed by atoms with Crippen LogP contribution in [0.1, 0.15) is 35.4 Å². The van der Waals surface area contributed by atoms with Crippen molar-refractivity contribution in [3.63, 3.8) is 0 Å². The SMILES string of the molecule is C[C@H](O)c1cccc2c1C(F)(F)C(=O)N2Cc1ccnc(C#N)c1. The molecule has 2 aromatic rings. The molecule has 1 aliphatic rings. The molecule has 0 spiro atoms. The van der Waals surface area contributed by atoms with E-state index < -0.39 is 23.5 Å². The third-order valence-corrected chi connectivity index (χ3v) is 3.92. The van der Waals surface area contributed by atoms with Crippen molar-refractivity contribution < 1.29 is 18.7 Å². The van der Waals surface area contributed by atoms with Gasteiger partial charge >= 0.3 is 11.8 Å². The van der Waals surface area contributed by atoms with Crippen molar-refractivity contribution in [3.05, 3.63) is 58.9 Å². The van der Waals surface area contributed by atoms with Crippen molar-refractivity contribution in [1.29, 1.82) is 5.26 Å². The summed E-state index contributed by atoms with van der Waals surface area (Å²) in [7, 11) is 0. The molecule has 3 rings (SSSR count). The number of fused-ring (bicyclic) bond motifs is 1. The number of anilines is 1. The van der Waals surface area contributed by atoms with E-state index in [4.69, 9.17) is 5.26 Å². The van der Waals surface area contributed by atoms with Crippen LogP contribution in [-0.2, 0) is 17.3 Å². The Kier molecular flexibility index (Phi) is 3.78. The van der Waals surface area contributed by atoms with E-state index in [0.717, 1.165) is 4.90 Å². The molecule has 0 aliphatic carbocycles. The van der Waals surface area contributed by atoms with Gasteiger partial charge in [-0.2, -0.15) is 14.0 Å². The molecule has 0 bridgehead atoms. The van der Waals surface area contributed by atoms with Crippen molar-refractivity contribution in [2.45, 2.75) is 25.5 Å². The number of nitrogens with zero attached hydrogens (tertiary/aromatic N) is 3. The van der Waals surface area contributed by atoms with Crippen LogP contribution in [0.4, 0.5) is 14.5 Å². The maximum Gasteiger partial charge on any atom is 0.352 e. The van der Waals surface area contributed by atoms with Crippen LogP contribution in [0.15, 0.2) is 36.5 Å². The molecule has 0 fully saturated rings. The largest absolute Gasteiger partial charge is 0.389 e. The lowest BCUT2D eigenvalue weighted by Gasteiger charge is -2.17. The van der Waals surface area contributed by atoms with Gasteiger partial charge in [-0.05, 0) is 36.2 Å². The zero-order chi connectivity index (χ0) is 17.5. The number of nitriles is 1. The smallest absolute Gasteiger partial charge is 0.352 e. The first-order valence-corrected chi connectivity index (χ1v) is 7.22. The number of aliphatic hydroxyl groups is 1. The van der Waals surface area contributed by atoms with Gasteiger partial charge in [0.15, 0.2) is 0 Å². The van der Waals surface area contributed by atoms with Crippen molar-refractivity contribution in [1.82, 2.24) is 4.98 Å². The summed E-state index contributed by atoms with van der Waals surface area (Å²) >= 11 is 0. The maximum atomic E-state index is 14.5. The molecule has 5 nitrogen and oxygen atoms in total. The van der Waals surface area contributed by atoms with Crippen molar-refractivity contribution in [2.75, 3.05) is 4.90 Å². The maximum absolute atomic E-state index is 14.5. The highest BCUT2D eigenvalue weighted by Gasteiger charge is 2.54. The summed E-state index contributed by atoms with van der Waals surface area (Å²) in [6.45, 7) is 1.27. The lowest BCUT2D eigenvalue weighted by Crippen LogP contribution is -2.34. The highest BCUT2D eigenvalue weighted by Crippen LogP contribution is 2.47. The predicted octanol–water partition coefficient (Wildman–Crippen LogP) is 2.65. The molecule has 0 radical (unpaired) electrons. The van der Waals surface area contributed by atoms with Crippen LogP contribution in [0.5, 0.6) is 0 Å². The minimum absolute atomic E-state index is 0.0285. The Balaban J connectivity index is 2.07. The first-order chi connectivity index (χ1) is 11.4. The van der Waals surface area contributed by atoms with E-state index in [1.807, 2.05) is 6.07 Å². The van der Waals surface area contributed by atoms with E-state index in [1.165, 1.54) is 37.4 Å². The van der Waals surface area contributed by atoms with Gasteiger partial charge in [0.25, 0.3) is 0 Å². The number of alkyl halides is 2. The van der Waals surface area contributed by atoms with E-state index in [-0.39, 0.29) is 23.5 Å². The van der Waals surface area contributed by atoms with E-state index in [0.29, 0.717) is 5.56 Å². The third-order valence-electron chi connectivity index (χ3n) is 3.92. The number of amides is 1. The van der Waals surface area contributed by atoms with Crippen molar-refractivity contribution >= 4 is 11.6 Å². The number of hydrogen-bond acceptors (Lipinski definition) is 4. The fourth-order valence-corrected chi connectivity index (χ4v) is 2.83. The summed E-state index contributed by atoms with van der Waals surface area (Å²) in [6.07, 6.45) is 0.268. The molecule has 0 unspecified atom stereocenters. The number of pyridine rings is 1. The van der Waals surface area contributed by atoms with Crippen LogP contribution >= 0.6 is 0 Å². The van der Waals surface area contributed by atoms with Crippen molar-refractivity contribution in [2.24, 2.45) is 0 Å². The van der Waals surface area contributed by atoms with E-state index in [1.54, 1.807) is 6.07 Å². The van der Waals surface area contributed by atoms with Gasteiger partial charge in [-0.15, -0.1) is 0 Å². The van der Waals surface area contributed by atoms with Crippen LogP contribution in [-0.4, -0.2) is 16.0 Å². The fraction of sp³-hybridized carbons (Fsp3) is 0.235. The second-order valence-electron chi connectivity index (χ2n) is 5.54. The number of halogens is 2. The second-order valence-corrected chi connectivity index (χ2v) is 5.54. The molecule has 1 aromatic carbocycles. The molecule has 24 heavy (non-hydrogen) atoms. The van der Waals surface area contributed by atoms with Gasteiger partial charge < -0.3 is 10.0 Å². The molecule has 1 aliphatic heterocycles. The molecule has 0 saturated carbocycles. The Morgan fingerprint density at radius 3 is 2.83 bits per heavy atom. The fourth-order valence-electron chi connectivity index (χ4n) is 2.83. The number of carbonyl (C=O) groups is 1. The van der Waals surface area contributed by atoms with Crippen LogP contribution < -0.4 is 4.90 Å². The number of hydrogen-bond donors (Lipinski definition) is 1. The minimum Gasteiger partial charge on any atom is -0.389 e. The molecule has 1 N–H and O–H groups in total. The topological polar surface area (TPSA) is 77.2 Å². The van der Waals surface area contributed by atoms with Gasteiger partial charge in [-0.25, -0.2) is 4.98 Å². The molecular formula is C17H13F2N3O2. The molecule has 122 valence electrons. The Morgan fingerprint density at radius 1 is 1.42 bits per heavy atom. The summed E-state index contributed by atoms with van der Waals surface area (Å²) in [6, 6.07) is 9.20. The zero-order valence-electron chi connectivity index (χ0n) is 12.7. The number of aromatic nitrogens is 1. The first kappa shape index (κ1) is 16.0. The summed E-state index contributed by atoms with van der Waals surface area (Å²) < 4.78 is 29.0. The summed E-state index contributed by atoms with van der Waals surface area (Å²) in [5.74, 6) is -5.05. The highest BCUT2D eigenvalue weighted by atomic mass is 19.3. The molecule has 1 aromatic heterocycles. The van der Waals surface area contributed by atoms with Crippen LogP contribution in [0.3, 0.4) is 0 Å². The van der Waals surface area contributed by atoms with Gasteiger partial charge in [-0.3, -0.25) is 4.79 Å². The van der Waals surface area contributed by atoms with Gasteiger partial charge in [0, 0.05) is 6.20 Å². The Morgan fingerprint density at radius 2 is 2.17 bits per heavy atom. The van der Waals surface area contributed by atoms with Gasteiger partial charge in [0.1, 0.15) is 11.8 Å². The molecule has 2 heterocycles. The lowest BCUT2D eigenvalue weighted by molar-refractivity contribution is -0.141. The van der Waals surface area contributed by atoms with E-state index >= 15 is 0 Å². The summed E-state index contributed by atoms with van der Waals surface area (Å²) in [5, 5.41) is 18.6. The number of carbonyl (C=O) groups excluding carboxylic acids is 1. The summed E-state index contributed by atoms with van der Waals surface area (Å²) in [5.41, 5.74) is 0.295. The predicted molar refractivity (Wildman–Crippen MR) is 81.1 cm³/mol. The Labute approximate surface area is 136 Å². The molecule has 7 heteroatoms. The standard InChI is InChI=1S/C17H13F2N3O2/c1-10(23)13-3-2-4-14-15(13)17(18,19)16(24)22(14)9-11-5-6-21-12(7-11)8-20/h2-7,10,23H,9H2,1H3/t10-/m0/s1. The highest BCUT2D eigenvalue weighted by molar-refractivity contribution is 6.06. The third kappa shape index (κ3) is 2.41. The summed E-state index contributed by atoms with van der Waals surface area (Å²) in [4.78, 5) is 17.0. The first-order valence-electron chi connectivity index (χ1n) is 7.22. The number of rotatable bonds is 3. The molecular weight excluding hydrogens is 316 g/mol. The molecule has 1 amide bonds. The Bertz CT molecular complexity index is 859. The van der Waals surface area contributed by atoms with E-state index in [9.17, 15) is 18.7 Å². The Hall–Kier alpha value is -2.85. The quantitative estimate of drug-likeness (QED) is 0.939. The van der Waals surface area contributed by atoms with E-state index in [2.05, 4.69) is 4.98 Å². The van der Waals surface area contributed by atoms with Gasteiger partial charge in [-0.1, -0.05) is 12.1 Å². The number of aliphatic hydroxyl groups excluding tert-OH is 1. The monoisotopic (exact) mass is 329 g/mol. The average Bonchev–Trinajstić information content (AvgIpc) is 2.76. The minimum atomic E-state index is -3.70. The molecule has 1 atom stereocenters. The normalized spacial score (nSPS) is 16.6. The number of benzene rings is 1. The van der Waals surface area contributed by atoms with Crippen molar-refractivity contribution in [3.8, 4) is 6.07 Å². The average molecular weight is 329 g/mol. The van der Waals surface area contributed by atoms with Crippen LogP contribution in [0.25, 0.3) is 0 Å². The second kappa shape index (κ2) is 5.65. The lowest BCUT2D eigenvalue weighted by atomic mass is 9.98.